The fourth-order valence-electron chi connectivity index (χ4n) is 1.56. The fraction of sp³-hybridized carbons (Fsp3) is 0.0769. The molecule has 0 radical (unpaired) electrons. The minimum absolute atomic E-state index is 0.163. The van der Waals surface area contributed by atoms with Gasteiger partial charge in [-0.2, -0.15) is 0 Å². The van der Waals surface area contributed by atoms with Gasteiger partial charge in [-0.3, -0.25) is 0 Å². The third-order valence-electron chi connectivity index (χ3n) is 2.39. The molecule has 0 aromatic heterocycles. The summed E-state index contributed by atoms with van der Waals surface area (Å²) < 4.78 is 26.0. The minimum atomic E-state index is -0.734. The SMILES string of the molecule is Oc1cc(F)cc(CNc2ccc(O)c(F)c2)c1. The molecule has 0 atom stereocenters. The monoisotopic (exact) mass is 251 g/mol. The topological polar surface area (TPSA) is 52.5 Å². The van der Waals surface area contributed by atoms with Crippen molar-refractivity contribution in [3.05, 3.63) is 53.6 Å². The predicted octanol–water partition coefficient (Wildman–Crippen LogP) is 2.99. The van der Waals surface area contributed by atoms with Crippen LogP contribution in [0.4, 0.5) is 14.5 Å². The Morgan fingerprint density at radius 2 is 1.78 bits per heavy atom. The maximum Gasteiger partial charge on any atom is 0.166 e. The van der Waals surface area contributed by atoms with Gasteiger partial charge in [0, 0.05) is 24.4 Å². The van der Waals surface area contributed by atoms with Crippen molar-refractivity contribution in [3.8, 4) is 11.5 Å². The zero-order valence-electron chi connectivity index (χ0n) is 9.32. The van der Waals surface area contributed by atoms with Crippen molar-refractivity contribution in [1.29, 1.82) is 0 Å². The van der Waals surface area contributed by atoms with Gasteiger partial charge in [0.05, 0.1) is 0 Å². The predicted molar refractivity (Wildman–Crippen MR) is 63.5 cm³/mol. The summed E-state index contributed by atoms with van der Waals surface area (Å²) in [6.07, 6.45) is 0. The van der Waals surface area contributed by atoms with Gasteiger partial charge in [-0.15, -0.1) is 0 Å². The van der Waals surface area contributed by atoms with Crippen molar-refractivity contribution in [2.24, 2.45) is 0 Å². The Bertz CT molecular complexity index is 553. The molecule has 0 aliphatic rings. The molecular weight excluding hydrogens is 240 g/mol. The van der Waals surface area contributed by atoms with E-state index in [9.17, 15) is 13.9 Å². The summed E-state index contributed by atoms with van der Waals surface area (Å²) >= 11 is 0. The first kappa shape index (κ1) is 12.2. The highest BCUT2D eigenvalue weighted by Crippen LogP contribution is 2.21. The van der Waals surface area contributed by atoms with Crippen LogP contribution in [0, 0.1) is 11.6 Å². The van der Waals surface area contributed by atoms with Gasteiger partial charge in [0.1, 0.15) is 11.6 Å². The summed E-state index contributed by atoms with van der Waals surface area (Å²) in [5.74, 6) is -1.86. The highest BCUT2D eigenvalue weighted by Gasteiger charge is 2.03. The van der Waals surface area contributed by atoms with Crippen molar-refractivity contribution in [2.45, 2.75) is 6.54 Å². The Labute approximate surface area is 102 Å². The molecule has 0 saturated carbocycles. The molecule has 3 N–H and O–H groups in total. The number of rotatable bonds is 3. The Kier molecular flexibility index (Phi) is 3.32. The fourth-order valence-corrected chi connectivity index (χ4v) is 1.56. The maximum atomic E-state index is 13.0. The number of hydrogen-bond acceptors (Lipinski definition) is 3. The molecule has 2 aromatic carbocycles. The van der Waals surface area contributed by atoms with E-state index < -0.39 is 17.4 Å². The van der Waals surface area contributed by atoms with E-state index in [0.717, 1.165) is 12.1 Å². The van der Waals surface area contributed by atoms with Crippen LogP contribution in [0.2, 0.25) is 0 Å². The Hall–Kier alpha value is -2.30. The lowest BCUT2D eigenvalue weighted by atomic mass is 10.2. The van der Waals surface area contributed by atoms with E-state index in [4.69, 9.17) is 5.11 Å². The first-order chi connectivity index (χ1) is 8.54. The third kappa shape index (κ3) is 2.88. The second-order valence-corrected chi connectivity index (χ2v) is 3.84. The molecule has 0 saturated heterocycles. The van der Waals surface area contributed by atoms with Crippen LogP contribution >= 0.6 is 0 Å². The molecule has 18 heavy (non-hydrogen) atoms. The van der Waals surface area contributed by atoms with Crippen molar-refractivity contribution < 1.29 is 19.0 Å². The van der Waals surface area contributed by atoms with E-state index in [1.54, 1.807) is 0 Å². The average Bonchev–Trinajstić information content (AvgIpc) is 2.29. The molecule has 2 rings (SSSR count). The lowest BCUT2D eigenvalue weighted by Crippen LogP contribution is -2.00. The average molecular weight is 251 g/mol. The highest BCUT2D eigenvalue weighted by molar-refractivity contribution is 5.47. The van der Waals surface area contributed by atoms with E-state index in [2.05, 4.69) is 5.32 Å². The zero-order valence-corrected chi connectivity index (χ0v) is 9.32. The van der Waals surface area contributed by atoms with Gasteiger partial charge in [-0.1, -0.05) is 0 Å². The van der Waals surface area contributed by atoms with E-state index in [1.807, 2.05) is 0 Å². The van der Waals surface area contributed by atoms with Crippen LogP contribution in [0.1, 0.15) is 5.56 Å². The van der Waals surface area contributed by atoms with Gasteiger partial charge >= 0.3 is 0 Å². The smallest absolute Gasteiger partial charge is 0.166 e. The quantitative estimate of drug-likeness (QED) is 0.735. The molecule has 2 aromatic rings. The molecule has 3 nitrogen and oxygen atoms in total. The number of hydrogen-bond donors (Lipinski definition) is 3. The molecule has 0 aliphatic heterocycles. The summed E-state index contributed by atoms with van der Waals surface area (Å²) in [6.45, 7) is 0.232. The lowest BCUT2D eigenvalue weighted by molar-refractivity contribution is 0.432. The molecule has 5 heteroatoms. The van der Waals surface area contributed by atoms with Crippen LogP contribution in [0.25, 0.3) is 0 Å². The van der Waals surface area contributed by atoms with Crippen LogP contribution in [-0.4, -0.2) is 10.2 Å². The molecule has 0 fully saturated rings. The Balaban J connectivity index is 2.08. The first-order valence-electron chi connectivity index (χ1n) is 5.25. The van der Waals surface area contributed by atoms with Gasteiger partial charge in [-0.25, -0.2) is 8.78 Å². The number of halogens is 2. The maximum absolute atomic E-state index is 13.0. The molecule has 0 aliphatic carbocycles. The van der Waals surface area contributed by atoms with Gasteiger partial charge in [-0.05, 0) is 29.8 Å². The number of anilines is 1. The molecular formula is C13H11F2NO2. The zero-order chi connectivity index (χ0) is 13.1. The van der Waals surface area contributed by atoms with Gasteiger partial charge in [0.15, 0.2) is 11.6 Å². The summed E-state index contributed by atoms with van der Waals surface area (Å²) in [6, 6.07) is 7.53. The molecule has 0 amide bonds. The molecule has 0 bridgehead atoms. The van der Waals surface area contributed by atoms with Crippen LogP contribution in [0.15, 0.2) is 36.4 Å². The van der Waals surface area contributed by atoms with Crippen molar-refractivity contribution in [2.75, 3.05) is 5.32 Å². The molecule has 0 unspecified atom stereocenters. The van der Waals surface area contributed by atoms with Gasteiger partial charge < -0.3 is 15.5 Å². The number of phenols is 2. The standard InChI is InChI=1S/C13H11F2NO2/c14-9-3-8(4-11(17)5-9)7-16-10-1-2-13(18)12(15)6-10/h1-6,16-18H,7H2. The van der Waals surface area contributed by atoms with E-state index in [-0.39, 0.29) is 12.3 Å². The summed E-state index contributed by atoms with van der Waals surface area (Å²) in [5.41, 5.74) is 0.982. The number of nitrogens with one attached hydrogen (secondary N) is 1. The van der Waals surface area contributed by atoms with Crippen LogP contribution in [0.3, 0.4) is 0 Å². The van der Waals surface area contributed by atoms with Crippen LogP contribution in [-0.2, 0) is 6.54 Å². The summed E-state index contributed by atoms with van der Waals surface area (Å²) in [4.78, 5) is 0. The van der Waals surface area contributed by atoms with Gasteiger partial charge in [0.25, 0.3) is 0 Å². The van der Waals surface area contributed by atoms with E-state index in [0.29, 0.717) is 11.3 Å². The molecule has 94 valence electrons. The minimum Gasteiger partial charge on any atom is -0.508 e. The van der Waals surface area contributed by atoms with Crippen LogP contribution in [0.5, 0.6) is 11.5 Å². The lowest BCUT2D eigenvalue weighted by Gasteiger charge is -2.07. The van der Waals surface area contributed by atoms with Crippen molar-refractivity contribution in [1.82, 2.24) is 0 Å². The second-order valence-electron chi connectivity index (χ2n) is 3.84. The highest BCUT2D eigenvalue weighted by atomic mass is 19.1. The number of benzene rings is 2. The van der Waals surface area contributed by atoms with Crippen molar-refractivity contribution in [3.63, 3.8) is 0 Å². The summed E-state index contributed by atoms with van der Waals surface area (Å²) in [7, 11) is 0. The van der Waals surface area contributed by atoms with E-state index >= 15 is 0 Å². The van der Waals surface area contributed by atoms with Crippen molar-refractivity contribution >= 4 is 5.69 Å². The first-order valence-corrected chi connectivity index (χ1v) is 5.25. The normalized spacial score (nSPS) is 10.3. The largest absolute Gasteiger partial charge is 0.508 e. The van der Waals surface area contributed by atoms with Crippen LogP contribution < -0.4 is 5.32 Å². The van der Waals surface area contributed by atoms with Gasteiger partial charge in [0.2, 0.25) is 0 Å². The number of phenolic OH excluding ortho intramolecular Hbond substituents is 2. The third-order valence-corrected chi connectivity index (χ3v) is 2.39. The second kappa shape index (κ2) is 4.91. The Morgan fingerprint density at radius 3 is 2.44 bits per heavy atom. The molecule has 0 heterocycles. The summed E-state index contributed by atoms with van der Waals surface area (Å²) in [5, 5.41) is 21.1. The Morgan fingerprint density at radius 1 is 1.00 bits per heavy atom. The van der Waals surface area contributed by atoms with E-state index in [1.165, 1.54) is 24.3 Å². The number of aromatic hydroxyl groups is 2. The molecule has 0 spiro atoms.